The van der Waals surface area contributed by atoms with E-state index in [0.29, 0.717) is 22.3 Å². The molecule has 2 heterocycles. The van der Waals surface area contributed by atoms with Crippen LogP contribution in [0.1, 0.15) is 6.92 Å². The van der Waals surface area contributed by atoms with E-state index in [1.54, 1.807) is 42.7 Å². The SMILES string of the molecule is C[C@H](C(=O)Nc1ccc(SC(F)F)cc1)[NH+]1CCN(c2ncccn2)CC1. The number of nitrogens with zero attached hydrogens (tertiary/aromatic N) is 3. The molecule has 0 spiro atoms. The van der Waals surface area contributed by atoms with Gasteiger partial charge in [-0.05, 0) is 37.3 Å². The molecule has 3 rings (SSSR count). The maximum absolute atomic E-state index is 12.5. The Morgan fingerprint density at radius 3 is 2.41 bits per heavy atom. The summed E-state index contributed by atoms with van der Waals surface area (Å²) in [5.41, 5.74) is 0.612. The number of thioether (sulfide) groups is 1. The molecule has 1 amide bonds. The number of hydrogen-bond acceptors (Lipinski definition) is 5. The van der Waals surface area contributed by atoms with E-state index >= 15 is 0 Å². The number of anilines is 2. The molecule has 144 valence electrons. The number of amides is 1. The summed E-state index contributed by atoms with van der Waals surface area (Å²) in [4.78, 5) is 24.9. The molecule has 1 atom stereocenters. The molecule has 2 N–H and O–H groups in total. The van der Waals surface area contributed by atoms with Crippen LogP contribution in [0, 0.1) is 0 Å². The predicted molar refractivity (Wildman–Crippen MR) is 101 cm³/mol. The summed E-state index contributed by atoms with van der Waals surface area (Å²) >= 11 is 0.488. The molecule has 1 saturated heterocycles. The van der Waals surface area contributed by atoms with Gasteiger partial charge < -0.3 is 15.1 Å². The normalized spacial score (nSPS) is 16.4. The van der Waals surface area contributed by atoms with Crippen molar-refractivity contribution in [3.05, 3.63) is 42.7 Å². The molecule has 0 unspecified atom stereocenters. The lowest BCUT2D eigenvalue weighted by molar-refractivity contribution is -0.914. The fraction of sp³-hybridized carbons (Fsp3) is 0.389. The van der Waals surface area contributed by atoms with Crippen molar-refractivity contribution < 1.29 is 18.5 Å². The standard InChI is InChI=1S/C18H21F2N5OS/c1-13(16(26)23-14-3-5-15(6-4-14)27-17(19)20)24-9-11-25(12-10-24)18-21-7-2-8-22-18/h2-8,13,17H,9-12H2,1H3,(H,23,26)/p+1/t13-/m1/s1. The Balaban J connectivity index is 1.50. The largest absolute Gasteiger partial charge is 0.330 e. The van der Waals surface area contributed by atoms with Gasteiger partial charge in [0.2, 0.25) is 5.95 Å². The van der Waals surface area contributed by atoms with Gasteiger partial charge in [-0.25, -0.2) is 9.97 Å². The monoisotopic (exact) mass is 394 g/mol. The van der Waals surface area contributed by atoms with E-state index in [1.165, 1.54) is 4.90 Å². The van der Waals surface area contributed by atoms with Crippen molar-refractivity contribution >= 4 is 29.3 Å². The first-order valence-electron chi connectivity index (χ1n) is 8.75. The van der Waals surface area contributed by atoms with Gasteiger partial charge in [0.1, 0.15) is 0 Å². The summed E-state index contributed by atoms with van der Waals surface area (Å²) in [6, 6.07) is 8.05. The second-order valence-electron chi connectivity index (χ2n) is 6.31. The number of rotatable bonds is 6. The quantitative estimate of drug-likeness (QED) is 0.728. The summed E-state index contributed by atoms with van der Waals surface area (Å²) in [5.74, 6) is -1.81. The van der Waals surface area contributed by atoms with Crippen LogP contribution in [0.3, 0.4) is 0 Å². The van der Waals surface area contributed by atoms with Gasteiger partial charge in [0.25, 0.3) is 11.7 Å². The number of alkyl halides is 2. The molecule has 6 nitrogen and oxygen atoms in total. The Bertz CT molecular complexity index is 739. The molecule has 1 aromatic heterocycles. The number of carbonyl (C=O) groups excluding carboxylic acids is 1. The summed E-state index contributed by atoms with van der Waals surface area (Å²) in [5, 5.41) is 2.87. The van der Waals surface area contributed by atoms with Gasteiger partial charge in [-0.1, -0.05) is 11.8 Å². The highest BCUT2D eigenvalue weighted by molar-refractivity contribution is 7.99. The van der Waals surface area contributed by atoms with Gasteiger partial charge in [-0.3, -0.25) is 4.79 Å². The fourth-order valence-electron chi connectivity index (χ4n) is 3.04. The van der Waals surface area contributed by atoms with E-state index in [9.17, 15) is 13.6 Å². The van der Waals surface area contributed by atoms with Gasteiger partial charge in [0, 0.05) is 23.0 Å². The van der Waals surface area contributed by atoms with Crippen molar-refractivity contribution in [1.29, 1.82) is 0 Å². The van der Waals surface area contributed by atoms with Gasteiger partial charge in [-0.15, -0.1) is 0 Å². The van der Waals surface area contributed by atoms with Crippen LogP contribution < -0.4 is 15.1 Å². The highest BCUT2D eigenvalue weighted by Gasteiger charge is 2.29. The smallest absolute Gasteiger partial charge is 0.288 e. The Morgan fingerprint density at radius 1 is 1.19 bits per heavy atom. The second kappa shape index (κ2) is 9.09. The van der Waals surface area contributed by atoms with Crippen LogP contribution in [0.25, 0.3) is 0 Å². The minimum atomic E-state index is -2.45. The zero-order valence-electron chi connectivity index (χ0n) is 14.9. The fourth-order valence-corrected chi connectivity index (χ4v) is 3.54. The molecule has 27 heavy (non-hydrogen) atoms. The Hall–Kier alpha value is -2.26. The number of benzene rings is 1. The van der Waals surface area contributed by atoms with E-state index in [0.717, 1.165) is 32.1 Å². The van der Waals surface area contributed by atoms with Crippen LogP contribution in [0.15, 0.2) is 47.6 Å². The molecule has 2 aromatic rings. The summed E-state index contributed by atoms with van der Waals surface area (Å²) in [7, 11) is 0. The van der Waals surface area contributed by atoms with Crippen molar-refractivity contribution in [2.45, 2.75) is 23.6 Å². The number of halogens is 2. The molecule has 1 aliphatic heterocycles. The number of piperazine rings is 1. The van der Waals surface area contributed by atoms with Crippen LogP contribution in [-0.2, 0) is 4.79 Å². The zero-order valence-corrected chi connectivity index (χ0v) is 15.8. The number of aromatic nitrogens is 2. The minimum Gasteiger partial charge on any atom is -0.330 e. The topological polar surface area (TPSA) is 62.6 Å². The van der Waals surface area contributed by atoms with Crippen LogP contribution in [-0.4, -0.2) is 53.9 Å². The van der Waals surface area contributed by atoms with Gasteiger partial charge >= 0.3 is 0 Å². The summed E-state index contributed by atoms with van der Waals surface area (Å²) in [6.45, 7) is 5.11. The summed E-state index contributed by atoms with van der Waals surface area (Å²) in [6.07, 6.45) is 3.45. The number of quaternary nitrogens is 1. The molecule has 0 aliphatic carbocycles. The maximum atomic E-state index is 12.5. The Kier molecular flexibility index (Phi) is 6.57. The third kappa shape index (κ3) is 5.36. The number of nitrogens with one attached hydrogen (secondary N) is 2. The average Bonchev–Trinajstić information content (AvgIpc) is 2.69. The van der Waals surface area contributed by atoms with Crippen LogP contribution in [0.4, 0.5) is 20.4 Å². The van der Waals surface area contributed by atoms with Crippen molar-refractivity contribution in [3.63, 3.8) is 0 Å². The molecule has 0 bridgehead atoms. The van der Waals surface area contributed by atoms with Crippen molar-refractivity contribution in [2.75, 3.05) is 36.4 Å². The first kappa shape index (κ1) is 19.5. The lowest BCUT2D eigenvalue weighted by Crippen LogP contribution is -3.19. The van der Waals surface area contributed by atoms with Crippen LogP contribution in [0.2, 0.25) is 0 Å². The molecule has 0 saturated carbocycles. The second-order valence-corrected chi connectivity index (χ2v) is 7.37. The van der Waals surface area contributed by atoms with Gasteiger partial charge in [-0.2, -0.15) is 8.78 Å². The third-order valence-electron chi connectivity index (χ3n) is 4.59. The van der Waals surface area contributed by atoms with Crippen molar-refractivity contribution in [3.8, 4) is 0 Å². The lowest BCUT2D eigenvalue weighted by atomic mass is 10.2. The molecule has 1 aromatic carbocycles. The lowest BCUT2D eigenvalue weighted by Gasteiger charge is -2.34. The molecular weight excluding hydrogens is 372 g/mol. The van der Waals surface area contributed by atoms with Gasteiger partial charge in [0.05, 0.1) is 26.2 Å². The molecule has 1 aliphatic rings. The first-order valence-corrected chi connectivity index (χ1v) is 9.63. The van der Waals surface area contributed by atoms with E-state index < -0.39 is 5.76 Å². The van der Waals surface area contributed by atoms with E-state index in [4.69, 9.17) is 0 Å². The van der Waals surface area contributed by atoms with Crippen molar-refractivity contribution in [2.24, 2.45) is 0 Å². The average molecular weight is 394 g/mol. The molecule has 0 radical (unpaired) electrons. The summed E-state index contributed by atoms with van der Waals surface area (Å²) < 4.78 is 24.7. The van der Waals surface area contributed by atoms with Crippen molar-refractivity contribution in [1.82, 2.24) is 9.97 Å². The minimum absolute atomic E-state index is 0.0799. The van der Waals surface area contributed by atoms with Gasteiger partial charge in [0.15, 0.2) is 6.04 Å². The van der Waals surface area contributed by atoms with E-state index in [1.807, 2.05) is 6.92 Å². The maximum Gasteiger partial charge on any atom is 0.288 e. The highest BCUT2D eigenvalue weighted by Crippen LogP contribution is 2.26. The number of carbonyl (C=O) groups is 1. The van der Waals surface area contributed by atoms with E-state index in [2.05, 4.69) is 20.2 Å². The zero-order chi connectivity index (χ0) is 19.2. The Morgan fingerprint density at radius 2 is 1.81 bits per heavy atom. The first-order chi connectivity index (χ1) is 13.0. The van der Waals surface area contributed by atoms with Crippen LogP contribution in [0.5, 0.6) is 0 Å². The highest BCUT2D eigenvalue weighted by atomic mass is 32.2. The molecular formula is C18H22F2N5OS+. The van der Waals surface area contributed by atoms with Crippen LogP contribution >= 0.6 is 11.8 Å². The number of hydrogen-bond donors (Lipinski definition) is 2. The Labute approximate surface area is 161 Å². The predicted octanol–water partition coefficient (Wildman–Crippen LogP) is 1.52. The molecule has 9 heteroatoms. The third-order valence-corrected chi connectivity index (χ3v) is 5.32. The molecule has 1 fully saturated rings. The van der Waals surface area contributed by atoms with E-state index in [-0.39, 0.29) is 11.9 Å².